The Balaban J connectivity index is 2.29. The van der Waals surface area contributed by atoms with Gasteiger partial charge in [-0.2, -0.15) is 8.78 Å². The van der Waals surface area contributed by atoms with E-state index in [4.69, 9.17) is 9.47 Å². The number of hydrogen-bond acceptors (Lipinski definition) is 3. The van der Waals surface area contributed by atoms with Crippen LogP contribution in [0.15, 0.2) is 0 Å². The van der Waals surface area contributed by atoms with Crippen molar-refractivity contribution in [3.8, 4) is 5.75 Å². The van der Waals surface area contributed by atoms with E-state index in [1.807, 2.05) is 0 Å². The second-order valence-corrected chi connectivity index (χ2v) is 4.10. The van der Waals surface area contributed by atoms with Crippen molar-refractivity contribution in [2.75, 3.05) is 6.61 Å². The smallest absolute Gasteiger partial charge is 0.207 e. The van der Waals surface area contributed by atoms with Crippen molar-refractivity contribution in [1.29, 1.82) is 0 Å². The third-order valence-electron chi connectivity index (χ3n) is 2.84. The topological polar surface area (TPSA) is 35.5 Å². The minimum atomic E-state index is -2.27. The minimum Gasteiger partial charge on any atom is -0.480 e. The number of rotatable bonds is 4. The fourth-order valence-corrected chi connectivity index (χ4v) is 1.79. The highest BCUT2D eigenvalue weighted by Crippen LogP contribution is 2.33. The number of carbonyl (C=O) groups is 1. The van der Waals surface area contributed by atoms with E-state index < -0.39 is 47.0 Å². The zero-order valence-corrected chi connectivity index (χ0v) is 10.2. The Morgan fingerprint density at radius 1 is 1.00 bits per heavy atom. The molecule has 1 aromatic rings. The standard InChI is InChI=1S/C12H9F5O3/c1-2-19-11-4(18)3-5(11)20-12-9(16)7(14)6(13)8(15)10(12)17/h5,11H,2-3H2,1H3. The summed E-state index contributed by atoms with van der Waals surface area (Å²) < 4.78 is 75.1. The lowest BCUT2D eigenvalue weighted by atomic mass is 9.90. The Bertz CT molecular complexity index is 532. The van der Waals surface area contributed by atoms with Crippen LogP contribution in [0.1, 0.15) is 13.3 Å². The van der Waals surface area contributed by atoms with Crippen LogP contribution in [0.25, 0.3) is 0 Å². The van der Waals surface area contributed by atoms with Crippen molar-refractivity contribution < 1.29 is 36.2 Å². The molecule has 8 heteroatoms. The molecule has 1 aliphatic rings. The molecule has 0 N–H and O–H groups in total. The second-order valence-electron chi connectivity index (χ2n) is 4.10. The van der Waals surface area contributed by atoms with Gasteiger partial charge >= 0.3 is 0 Å². The van der Waals surface area contributed by atoms with E-state index in [1.54, 1.807) is 6.92 Å². The largest absolute Gasteiger partial charge is 0.480 e. The molecule has 3 nitrogen and oxygen atoms in total. The minimum absolute atomic E-state index is 0.146. The normalized spacial score (nSPS) is 21.8. The van der Waals surface area contributed by atoms with Crippen LogP contribution in [0.2, 0.25) is 0 Å². The summed E-state index contributed by atoms with van der Waals surface area (Å²) in [5.41, 5.74) is 0. The summed E-state index contributed by atoms with van der Waals surface area (Å²) in [6, 6.07) is 0. The molecule has 1 saturated carbocycles. The number of benzene rings is 1. The first-order valence-corrected chi connectivity index (χ1v) is 5.70. The number of hydrogen-bond donors (Lipinski definition) is 0. The zero-order valence-electron chi connectivity index (χ0n) is 10.2. The van der Waals surface area contributed by atoms with Gasteiger partial charge in [0.2, 0.25) is 29.1 Å². The zero-order chi connectivity index (χ0) is 15.0. The van der Waals surface area contributed by atoms with Crippen LogP contribution in [-0.2, 0) is 9.53 Å². The van der Waals surface area contributed by atoms with Gasteiger partial charge in [0.25, 0.3) is 0 Å². The van der Waals surface area contributed by atoms with Gasteiger partial charge in [0.15, 0.2) is 17.6 Å². The molecule has 0 spiro atoms. The van der Waals surface area contributed by atoms with Gasteiger partial charge in [-0.05, 0) is 6.92 Å². The van der Waals surface area contributed by atoms with E-state index in [-0.39, 0.29) is 18.8 Å². The van der Waals surface area contributed by atoms with Gasteiger partial charge in [0.1, 0.15) is 6.10 Å². The molecule has 1 aliphatic carbocycles. The first-order chi connectivity index (χ1) is 9.38. The van der Waals surface area contributed by atoms with Crippen LogP contribution in [0.4, 0.5) is 22.0 Å². The van der Waals surface area contributed by atoms with Crippen molar-refractivity contribution in [3.05, 3.63) is 29.1 Å². The molecule has 110 valence electrons. The van der Waals surface area contributed by atoms with Gasteiger partial charge in [-0.3, -0.25) is 4.79 Å². The molecule has 2 rings (SSSR count). The third kappa shape index (κ3) is 2.24. The summed E-state index contributed by atoms with van der Waals surface area (Å²) in [6.45, 7) is 1.73. The van der Waals surface area contributed by atoms with Crippen LogP contribution in [0.5, 0.6) is 5.75 Å². The Morgan fingerprint density at radius 2 is 1.50 bits per heavy atom. The predicted octanol–water partition coefficient (Wildman–Crippen LogP) is 2.51. The van der Waals surface area contributed by atoms with Crippen molar-refractivity contribution in [1.82, 2.24) is 0 Å². The maximum absolute atomic E-state index is 13.4. The highest BCUT2D eigenvalue weighted by Gasteiger charge is 2.44. The van der Waals surface area contributed by atoms with Crippen LogP contribution in [0.3, 0.4) is 0 Å². The molecule has 0 aliphatic heterocycles. The lowest BCUT2D eigenvalue weighted by molar-refractivity contribution is -0.154. The molecule has 0 saturated heterocycles. The Morgan fingerprint density at radius 3 is 1.95 bits per heavy atom. The summed E-state index contributed by atoms with van der Waals surface area (Å²) in [4.78, 5) is 11.2. The third-order valence-corrected chi connectivity index (χ3v) is 2.84. The highest BCUT2D eigenvalue weighted by atomic mass is 19.2. The van der Waals surface area contributed by atoms with E-state index >= 15 is 0 Å². The van der Waals surface area contributed by atoms with Crippen LogP contribution >= 0.6 is 0 Å². The molecule has 1 aromatic carbocycles. The lowest BCUT2D eigenvalue weighted by Gasteiger charge is -2.34. The summed E-state index contributed by atoms with van der Waals surface area (Å²) >= 11 is 0. The number of ether oxygens (including phenoxy) is 2. The monoisotopic (exact) mass is 296 g/mol. The van der Waals surface area contributed by atoms with Gasteiger partial charge in [0, 0.05) is 13.0 Å². The Hall–Kier alpha value is -1.70. The fourth-order valence-electron chi connectivity index (χ4n) is 1.79. The first kappa shape index (κ1) is 14.7. The second kappa shape index (κ2) is 5.35. The molecule has 2 unspecified atom stereocenters. The Labute approximate surface area is 110 Å². The van der Waals surface area contributed by atoms with Crippen molar-refractivity contribution in [2.24, 2.45) is 0 Å². The number of carbonyl (C=O) groups excluding carboxylic acids is 1. The fraction of sp³-hybridized carbons (Fsp3) is 0.417. The quantitative estimate of drug-likeness (QED) is 0.486. The molecule has 0 amide bonds. The number of Topliss-reactive ketones (excluding diaryl/α,β-unsaturated/α-hetero) is 1. The molecule has 0 bridgehead atoms. The highest BCUT2D eigenvalue weighted by molar-refractivity contribution is 5.90. The molecule has 0 aromatic heterocycles. The molecule has 0 heterocycles. The average Bonchev–Trinajstić information content (AvgIpc) is 2.43. The molecule has 0 radical (unpaired) electrons. The van der Waals surface area contributed by atoms with Gasteiger partial charge in [-0.15, -0.1) is 0 Å². The van der Waals surface area contributed by atoms with Crippen molar-refractivity contribution in [2.45, 2.75) is 25.6 Å². The van der Waals surface area contributed by atoms with E-state index in [0.29, 0.717) is 0 Å². The van der Waals surface area contributed by atoms with Crippen LogP contribution in [-0.4, -0.2) is 24.6 Å². The van der Waals surface area contributed by atoms with Crippen LogP contribution in [0, 0.1) is 29.1 Å². The van der Waals surface area contributed by atoms with Gasteiger partial charge in [-0.1, -0.05) is 0 Å². The molecule has 2 atom stereocenters. The average molecular weight is 296 g/mol. The van der Waals surface area contributed by atoms with E-state index in [1.165, 1.54) is 0 Å². The van der Waals surface area contributed by atoms with Crippen molar-refractivity contribution in [3.63, 3.8) is 0 Å². The molecular formula is C12H9F5O3. The number of halogens is 5. The Kier molecular flexibility index (Phi) is 3.94. The van der Waals surface area contributed by atoms with Gasteiger partial charge in [0.05, 0.1) is 0 Å². The summed E-state index contributed by atoms with van der Waals surface area (Å²) in [5.74, 6) is -12.4. The first-order valence-electron chi connectivity index (χ1n) is 5.70. The predicted molar refractivity (Wildman–Crippen MR) is 55.7 cm³/mol. The molecule has 20 heavy (non-hydrogen) atoms. The maximum atomic E-state index is 13.4. The maximum Gasteiger partial charge on any atom is 0.207 e. The van der Waals surface area contributed by atoms with Gasteiger partial charge in [-0.25, -0.2) is 13.2 Å². The number of ketones is 1. The summed E-state index contributed by atoms with van der Waals surface area (Å²) in [6.07, 6.45) is -2.35. The van der Waals surface area contributed by atoms with Crippen LogP contribution < -0.4 is 4.74 Å². The van der Waals surface area contributed by atoms with E-state index in [9.17, 15) is 26.7 Å². The van der Waals surface area contributed by atoms with E-state index in [0.717, 1.165) is 0 Å². The molecule has 1 fully saturated rings. The van der Waals surface area contributed by atoms with Gasteiger partial charge < -0.3 is 9.47 Å². The lowest BCUT2D eigenvalue weighted by Crippen LogP contribution is -2.52. The SMILES string of the molecule is CCOC1C(=O)CC1Oc1c(F)c(F)c(F)c(F)c1F. The van der Waals surface area contributed by atoms with E-state index in [2.05, 4.69) is 0 Å². The molecular weight excluding hydrogens is 287 g/mol. The summed E-state index contributed by atoms with van der Waals surface area (Å²) in [7, 11) is 0. The summed E-state index contributed by atoms with van der Waals surface area (Å²) in [5, 5.41) is 0. The van der Waals surface area contributed by atoms with Crippen molar-refractivity contribution >= 4 is 5.78 Å².